The highest BCUT2D eigenvalue weighted by molar-refractivity contribution is 7.80. The van der Waals surface area contributed by atoms with Crippen LogP contribution in [0.15, 0.2) is 30.6 Å². The Hall–Kier alpha value is -3.14. The number of benzene rings is 1. The molecule has 27 heavy (non-hydrogen) atoms. The number of halogens is 1. The van der Waals surface area contributed by atoms with E-state index in [-0.39, 0.29) is 23.3 Å². The fourth-order valence-electron chi connectivity index (χ4n) is 2.64. The highest BCUT2D eigenvalue weighted by Gasteiger charge is 2.12. The van der Waals surface area contributed by atoms with E-state index in [1.807, 2.05) is 13.8 Å². The van der Waals surface area contributed by atoms with E-state index >= 15 is 0 Å². The zero-order valence-corrected chi connectivity index (χ0v) is 15.6. The van der Waals surface area contributed by atoms with Crippen molar-refractivity contribution in [3.8, 4) is 0 Å². The molecule has 0 aliphatic carbocycles. The third kappa shape index (κ3) is 4.53. The molecule has 0 aliphatic rings. The molecule has 0 spiro atoms. The standard InChI is InChI=1S/C17H18FN7OS/c1-10-14(11(2)25-16(21-10)19-9-20-25)7-8-15(26)23-24-17(27)22-13-5-3-12(18)4-6-13/h3-6,9H,7-8H2,1-2H3,(H,23,26)(H2,22,24,27). The van der Waals surface area contributed by atoms with Crippen LogP contribution in [0.4, 0.5) is 10.1 Å². The summed E-state index contributed by atoms with van der Waals surface area (Å²) in [6.07, 6.45) is 2.20. The van der Waals surface area contributed by atoms with Crippen LogP contribution in [0.1, 0.15) is 23.4 Å². The van der Waals surface area contributed by atoms with Gasteiger partial charge in [0.1, 0.15) is 12.1 Å². The number of carbonyl (C=O) groups excluding carboxylic acids is 1. The normalized spacial score (nSPS) is 10.6. The van der Waals surface area contributed by atoms with Crippen molar-refractivity contribution in [2.24, 2.45) is 0 Å². The van der Waals surface area contributed by atoms with Gasteiger partial charge in [-0.2, -0.15) is 10.1 Å². The van der Waals surface area contributed by atoms with Gasteiger partial charge in [-0.15, -0.1) is 0 Å². The van der Waals surface area contributed by atoms with Crippen molar-refractivity contribution >= 4 is 34.7 Å². The predicted octanol–water partition coefficient (Wildman–Crippen LogP) is 1.83. The van der Waals surface area contributed by atoms with E-state index in [1.54, 1.807) is 16.6 Å². The van der Waals surface area contributed by atoms with Crippen LogP contribution in [0.25, 0.3) is 5.78 Å². The first kappa shape index (κ1) is 18.6. The van der Waals surface area contributed by atoms with E-state index < -0.39 is 0 Å². The maximum Gasteiger partial charge on any atom is 0.252 e. The van der Waals surface area contributed by atoms with Gasteiger partial charge in [-0.1, -0.05) is 0 Å². The van der Waals surface area contributed by atoms with E-state index in [0.29, 0.717) is 17.9 Å². The van der Waals surface area contributed by atoms with Crippen LogP contribution in [0.3, 0.4) is 0 Å². The van der Waals surface area contributed by atoms with E-state index in [2.05, 4.69) is 31.2 Å². The zero-order valence-electron chi connectivity index (χ0n) is 14.8. The number of fused-ring (bicyclic) bond motifs is 1. The van der Waals surface area contributed by atoms with Crippen molar-refractivity contribution in [3.63, 3.8) is 0 Å². The minimum absolute atomic E-state index is 0.202. The number of amides is 1. The molecule has 1 aromatic carbocycles. The molecular formula is C17H18FN7OS. The minimum Gasteiger partial charge on any atom is -0.331 e. The lowest BCUT2D eigenvalue weighted by atomic mass is 10.1. The lowest BCUT2D eigenvalue weighted by Crippen LogP contribution is -2.43. The Morgan fingerprint density at radius 1 is 1.22 bits per heavy atom. The molecule has 3 aromatic rings. The number of thiocarbonyl (C=S) groups is 1. The van der Waals surface area contributed by atoms with Crippen LogP contribution in [0.2, 0.25) is 0 Å². The van der Waals surface area contributed by atoms with Crippen LogP contribution in [0.5, 0.6) is 0 Å². The maximum atomic E-state index is 12.9. The van der Waals surface area contributed by atoms with Gasteiger partial charge in [0, 0.05) is 23.5 Å². The summed E-state index contributed by atoms with van der Waals surface area (Å²) in [5, 5.41) is 7.18. The molecule has 0 saturated carbocycles. The van der Waals surface area contributed by atoms with Gasteiger partial charge in [-0.05, 0) is 62.3 Å². The maximum absolute atomic E-state index is 12.9. The van der Waals surface area contributed by atoms with Gasteiger partial charge in [0.2, 0.25) is 5.91 Å². The molecule has 8 nitrogen and oxygen atoms in total. The molecule has 0 aliphatic heterocycles. The summed E-state index contributed by atoms with van der Waals surface area (Å²) < 4.78 is 14.5. The minimum atomic E-state index is -0.336. The number of carbonyl (C=O) groups is 1. The van der Waals surface area contributed by atoms with Gasteiger partial charge >= 0.3 is 0 Å². The van der Waals surface area contributed by atoms with E-state index in [0.717, 1.165) is 17.0 Å². The van der Waals surface area contributed by atoms with Crippen molar-refractivity contribution < 1.29 is 9.18 Å². The van der Waals surface area contributed by atoms with Gasteiger partial charge in [-0.3, -0.25) is 15.6 Å². The second-order valence-corrected chi connectivity index (χ2v) is 6.28. The van der Waals surface area contributed by atoms with Crippen molar-refractivity contribution in [2.75, 3.05) is 5.32 Å². The molecule has 1 amide bonds. The number of hydrogen-bond donors (Lipinski definition) is 3. The number of hydrogen-bond acceptors (Lipinski definition) is 5. The molecule has 0 saturated heterocycles. The number of nitrogens with one attached hydrogen (secondary N) is 3. The van der Waals surface area contributed by atoms with Gasteiger partial charge < -0.3 is 5.32 Å². The smallest absolute Gasteiger partial charge is 0.252 e. The molecule has 3 rings (SSSR count). The van der Waals surface area contributed by atoms with E-state index in [1.165, 1.54) is 18.5 Å². The summed E-state index contributed by atoms with van der Waals surface area (Å²) in [4.78, 5) is 20.5. The highest BCUT2D eigenvalue weighted by Crippen LogP contribution is 2.14. The Bertz CT molecular complexity index is 987. The summed E-state index contributed by atoms with van der Waals surface area (Å²) in [5.74, 6) is -0.0234. The molecule has 0 fully saturated rings. The summed E-state index contributed by atoms with van der Waals surface area (Å²) in [7, 11) is 0. The van der Waals surface area contributed by atoms with Gasteiger partial charge in [0.05, 0.1) is 0 Å². The summed E-state index contributed by atoms with van der Waals surface area (Å²) in [6, 6.07) is 5.72. The molecule has 2 aromatic heterocycles. The molecule has 0 radical (unpaired) electrons. The van der Waals surface area contributed by atoms with E-state index in [4.69, 9.17) is 12.2 Å². The van der Waals surface area contributed by atoms with Gasteiger partial charge in [-0.25, -0.2) is 13.9 Å². The number of anilines is 1. The van der Waals surface area contributed by atoms with Gasteiger partial charge in [0.15, 0.2) is 5.11 Å². The summed E-state index contributed by atoms with van der Waals surface area (Å²) in [5.41, 5.74) is 8.45. The third-order valence-corrected chi connectivity index (χ3v) is 4.21. The Balaban J connectivity index is 1.51. The number of nitrogens with zero attached hydrogens (tertiary/aromatic N) is 4. The molecular weight excluding hydrogens is 369 g/mol. The SMILES string of the molecule is Cc1nc2ncnn2c(C)c1CCC(=O)NNC(=S)Nc1ccc(F)cc1. The van der Waals surface area contributed by atoms with Crippen LogP contribution < -0.4 is 16.2 Å². The second kappa shape index (κ2) is 8.04. The molecule has 140 valence electrons. The number of aryl methyl sites for hydroxylation is 2. The molecule has 3 N–H and O–H groups in total. The van der Waals surface area contributed by atoms with Crippen molar-refractivity contribution in [2.45, 2.75) is 26.7 Å². The zero-order chi connectivity index (χ0) is 19.4. The third-order valence-electron chi connectivity index (χ3n) is 4.01. The van der Waals surface area contributed by atoms with Crippen molar-refractivity contribution in [1.29, 1.82) is 0 Å². The highest BCUT2D eigenvalue weighted by atomic mass is 32.1. The summed E-state index contributed by atoms with van der Waals surface area (Å²) in [6.45, 7) is 3.80. The topological polar surface area (TPSA) is 96.2 Å². The lowest BCUT2D eigenvalue weighted by molar-refractivity contribution is -0.121. The molecule has 0 unspecified atom stereocenters. The molecule has 10 heteroatoms. The summed E-state index contributed by atoms with van der Waals surface area (Å²) >= 11 is 5.09. The van der Waals surface area contributed by atoms with Crippen LogP contribution >= 0.6 is 12.2 Å². The predicted molar refractivity (Wildman–Crippen MR) is 102 cm³/mol. The first-order valence-electron chi connectivity index (χ1n) is 8.21. The number of rotatable bonds is 4. The Morgan fingerprint density at radius 2 is 1.96 bits per heavy atom. The Kier molecular flexibility index (Phi) is 5.55. The lowest BCUT2D eigenvalue weighted by Gasteiger charge is -2.13. The molecule has 0 atom stereocenters. The fourth-order valence-corrected chi connectivity index (χ4v) is 2.81. The average molecular weight is 387 g/mol. The van der Waals surface area contributed by atoms with E-state index in [9.17, 15) is 9.18 Å². The molecule has 0 bridgehead atoms. The Morgan fingerprint density at radius 3 is 2.70 bits per heavy atom. The molecule has 2 heterocycles. The van der Waals surface area contributed by atoms with Crippen molar-refractivity contribution in [3.05, 3.63) is 53.4 Å². The number of aromatic nitrogens is 4. The Labute approximate surface area is 160 Å². The fraction of sp³-hybridized carbons (Fsp3) is 0.235. The first-order chi connectivity index (χ1) is 12.9. The second-order valence-electron chi connectivity index (χ2n) is 5.87. The number of hydrazine groups is 1. The largest absolute Gasteiger partial charge is 0.331 e. The quantitative estimate of drug-likeness (QED) is 0.464. The average Bonchev–Trinajstić information content (AvgIpc) is 3.10. The first-order valence-corrected chi connectivity index (χ1v) is 8.62. The van der Waals surface area contributed by atoms with Crippen LogP contribution in [0, 0.1) is 19.7 Å². The van der Waals surface area contributed by atoms with Crippen LogP contribution in [-0.4, -0.2) is 30.6 Å². The van der Waals surface area contributed by atoms with Gasteiger partial charge in [0.25, 0.3) is 5.78 Å². The monoisotopic (exact) mass is 387 g/mol. The van der Waals surface area contributed by atoms with Crippen LogP contribution in [-0.2, 0) is 11.2 Å². The van der Waals surface area contributed by atoms with Crippen molar-refractivity contribution in [1.82, 2.24) is 30.4 Å².